The van der Waals surface area contributed by atoms with E-state index in [1.165, 1.54) is 12.8 Å². The number of pyridine rings is 1. The molecule has 1 aromatic heterocycles. The van der Waals surface area contributed by atoms with Crippen LogP contribution in [0.4, 0.5) is 5.82 Å². The molecule has 1 saturated carbocycles. The Morgan fingerprint density at radius 2 is 1.82 bits per heavy atom. The highest BCUT2D eigenvalue weighted by Crippen LogP contribution is 2.32. The van der Waals surface area contributed by atoms with Crippen molar-refractivity contribution >= 4 is 11.7 Å². The molecule has 0 unspecified atom stereocenters. The summed E-state index contributed by atoms with van der Waals surface area (Å²) in [5.41, 5.74) is 0.641. The van der Waals surface area contributed by atoms with Crippen molar-refractivity contribution in [1.82, 2.24) is 9.88 Å². The maximum absolute atomic E-state index is 13.0. The highest BCUT2D eigenvalue weighted by molar-refractivity contribution is 5.95. The second-order valence-electron chi connectivity index (χ2n) is 7.36. The molecule has 1 aliphatic heterocycles. The number of benzene rings is 1. The molecule has 1 amide bonds. The van der Waals surface area contributed by atoms with Gasteiger partial charge in [-0.05, 0) is 56.0 Å². The van der Waals surface area contributed by atoms with E-state index in [1.807, 2.05) is 35.2 Å². The van der Waals surface area contributed by atoms with E-state index in [4.69, 9.17) is 9.47 Å². The van der Waals surface area contributed by atoms with Gasteiger partial charge in [-0.2, -0.15) is 0 Å². The van der Waals surface area contributed by atoms with Crippen molar-refractivity contribution in [2.24, 2.45) is 0 Å². The first-order valence-corrected chi connectivity index (χ1v) is 10.0. The maximum atomic E-state index is 13.0. The highest BCUT2D eigenvalue weighted by atomic mass is 16.5. The molecule has 0 atom stereocenters. The number of anilines is 1. The molecule has 6 nitrogen and oxygen atoms in total. The fourth-order valence-corrected chi connectivity index (χ4v) is 3.95. The lowest BCUT2D eigenvalue weighted by Gasteiger charge is -2.35. The number of methoxy groups -OCH3 is 1. The second-order valence-corrected chi connectivity index (χ2v) is 7.36. The zero-order valence-corrected chi connectivity index (χ0v) is 16.3. The monoisotopic (exact) mass is 381 g/mol. The van der Waals surface area contributed by atoms with Crippen LogP contribution in [-0.4, -0.2) is 55.2 Å². The van der Waals surface area contributed by atoms with Crippen LogP contribution in [-0.2, 0) is 0 Å². The van der Waals surface area contributed by atoms with Crippen molar-refractivity contribution in [2.75, 3.05) is 38.2 Å². The molecule has 1 aromatic carbocycles. The van der Waals surface area contributed by atoms with Gasteiger partial charge in [0.15, 0.2) is 11.5 Å². The molecular weight excluding hydrogens is 354 g/mol. The lowest BCUT2D eigenvalue weighted by atomic mass is 10.1. The topological polar surface area (TPSA) is 54.9 Å². The van der Waals surface area contributed by atoms with Crippen LogP contribution in [0.3, 0.4) is 0 Å². The van der Waals surface area contributed by atoms with E-state index in [0.717, 1.165) is 37.5 Å². The molecule has 2 aliphatic rings. The smallest absolute Gasteiger partial charge is 0.254 e. The van der Waals surface area contributed by atoms with Gasteiger partial charge in [-0.1, -0.05) is 6.07 Å². The predicted molar refractivity (Wildman–Crippen MR) is 108 cm³/mol. The summed E-state index contributed by atoms with van der Waals surface area (Å²) in [6, 6.07) is 11.4. The van der Waals surface area contributed by atoms with Crippen LogP contribution in [0.25, 0.3) is 0 Å². The summed E-state index contributed by atoms with van der Waals surface area (Å²) < 4.78 is 11.6. The van der Waals surface area contributed by atoms with Crippen molar-refractivity contribution in [1.29, 1.82) is 0 Å². The molecule has 148 valence electrons. The average Bonchev–Trinajstić information content (AvgIpc) is 3.27. The first kappa shape index (κ1) is 18.6. The molecule has 1 aliphatic carbocycles. The van der Waals surface area contributed by atoms with Crippen molar-refractivity contribution < 1.29 is 14.3 Å². The van der Waals surface area contributed by atoms with E-state index in [1.54, 1.807) is 19.4 Å². The minimum atomic E-state index is 0.0337. The van der Waals surface area contributed by atoms with E-state index in [0.29, 0.717) is 24.4 Å². The maximum Gasteiger partial charge on any atom is 0.254 e. The molecule has 6 heteroatoms. The van der Waals surface area contributed by atoms with Gasteiger partial charge in [-0.15, -0.1) is 0 Å². The number of hydrogen-bond acceptors (Lipinski definition) is 5. The number of rotatable bonds is 5. The van der Waals surface area contributed by atoms with Gasteiger partial charge in [0.25, 0.3) is 5.91 Å². The number of ether oxygens (including phenoxy) is 2. The molecule has 0 N–H and O–H groups in total. The Balaban J connectivity index is 1.40. The molecule has 0 radical (unpaired) electrons. The number of hydrogen-bond donors (Lipinski definition) is 0. The van der Waals surface area contributed by atoms with Gasteiger partial charge in [-0.25, -0.2) is 4.98 Å². The van der Waals surface area contributed by atoms with E-state index in [9.17, 15) is 4.79 Å². The summed E-state index contributed by atoms with van der Waals surface area (Å²) in [6.07, 6.45) is 6.67. The molecule has 28 heavy (non-hydrogen) atoms. The Kier molecular flexibility index (Phi) is 5.65. The summed E-state index contributed by atoms with van der Waals surface area (Å²) in [7, 11) is 1.62. The second kappa shape index (κ2) is 8.50. The van der Waals surface area contributed by atoms with Gasteiger partial charge in [0.05, 0.1) is 13.2 Å². The van der Waals surface area contributed by atoms with Gasteiger partial charge in [0.2, 0.25) is 0 Å². The fourth-order valence-electron chi connectivity index (χ4n) is 3.95. The highest BCUT2D eigenvalue weighted by Gasteiger charge is 2.24. The summed E-state index contributed by atoms with van der Waals surface area (Å²) in [4.78, 5) is 21.5. The van der Waals surface area contributed by atoms with E-state index in [-0.39, 0.29) is 12.0 Å². The van der Waals surface area contributed by atoms with Crippen molar-refractivity contribution in [2.45, 2.75) is 31.8 Å². The summed E-state index contributed by atoms with van der Waals surface area (Å²) in [5, 5.41) is 0. The SMILES string of the molecule is COc1cc(C(=O)N2CCN(c3ccccn3)CC2)ccc1OC1CCCC1. The van der Waals surface area contributed by atoms with Gasteiger partial charge >= 0.3 is 0 Å². The Morgan fingerprint density at radius 3 is 2.50 bits per heavy atom. The molecule has 2 aromatic rings. The van der Waals surface area contributed by atoms with Crippen LogP contribution in [0.5, 0.6) is 11.5 Å². The van der Waals surface area contributed by atoms with Crippen LogP contribution in [0.1, 0.15) is 36.0 Å². The minimum Gasteiger partial charge on any atom is -0.493 e. The third-order valence-electron chi connectivity index (χ3n) is 5.55. The third-order valence-corrected chi connectivity index (χ3v) is 5.55. The lowest BCUT2D eigenvalue weighted by Crippen LogP contribution is -2.49. The molecule has 1 saturated heterocycles. The van der Waals surface area contributed by atoms with E-state index >= 15 is 0 Å². The average molecular weight is 381 g/mol. The molecule has 2 heterocycles. The quantitative estimate of drug-likeness (QED) is 0.795. The molecule has 0 bridgehead atoms. The number of piperazine rings is 1. The Bertz CT molecular complexity index is 798. The standard InChI is InChI=1S/C22H27N3O3/c1-27-20-16-17(9-10-19(20)28-18-6-2-3-7-18)22(26)25-14-12-24(13-15-25)21-8-4-5-11-23-21/h4-5,8-11,16,18H,2-3,6-7,12-15H2,1H3. The summed E-state index contributed by atoms with van der Waals surface area (Å²) in [6.45, 7) is 2.92. The fraction of sp³-hybridized carbons (Fsp3) is 0.455. The number of aromatic nitrogens is 1. The summed E-state index contributed by atoms with van der Waals surface area (Å²) in [5.74, 6) is 2.35. The van der Waals surface area contributed by atoms with Crippen LogP contribution in [0.2, 0.25) is 0 Å². The number of amides is 1. The Labute approximate surface area is 166 Å². The van der Waals surface area contributed by atoms with Crippen LogP contribution in [0.15, 0.2) is 42.6 Å². The van der Waals surface area contributed by atoms with Crippen LogP contribution in [0, 0.1) is 0 Å². The first-order valence-electron chi connectivity index (χ1n) is 10.0. The lowest BCUT2D eigenvalue weighted by molar-refractivity contribution is 0.0746. The zero-order valence-electron chi connectivity index (χ0n) is 16.3. The number of nitrogens with zero attached hydrogens (tertiary/aromatic N) is 3. The third kappa shape index (κ3) is 4.06. The van der Waals surface area contributed by atoms with Gasteiger partial charge in [0.1, 0.15) is 5.82 Å². The summed E-state index contributed by atoms with van der Waals surface area (Å²) >= 11 is 0. The van der Waals surface area contributed by atoms with Crippen molar-refractivity contribution in [3.05, 3.63) is 48.2 Å². The number of carbonyl (C=O) groups excluding carboxylic acids is 1. The van der Waals surface area contributed by atoms with E-state index in [2.05, 4.69) is 9.88 Å². The largest absolute Gasteiger partial charge is 0.493 e. The van der Waals surface area contributed by atoms with Crippen molar-refractivity contribution in [3.63, 3.8) is 0 Å². The molecule has 4 rings (SSSR count). The Morgan fingerprint density at radius 1 is 1.04 bits per heavy atom. The van der Waals surface area contributed by atoms with Gasteiger partial charge < -0.3 is 19.3 Å². The van der Waals surface area contributed by atoms with Crippen molar-refractivity contribution in [3.8, 4) is 11.5 Å². The van der Waals surface area contributed by atoms with Crippen LogP contribution >= 0.6 is 0 Å². The van der Waals surface area contributed by atoms with E-state index < -0.39 is 0 Å². The normalized spacial score (nSPS) is 17.6. The first-order chi connectivity index (χ1) is 13.7. The number of carbonyl (C=O) groups is 1. The van der Waals surface area contributed by atoms with Crippen LogP contribution < -0.4 is 14.4 Å². The minimum absolute atomic E-state index is 0.0337. The molecule has 2 fully saturated rings. The molecular formula is C22H27N3O3. The van der Waals surface area contributed by atoms with Gasteiger partial charge in [0, 0.05) is 37.9 Å². The van der Waals surface area contributed by atoms with Gasteiger partial charge in [-0.3, -0.25) is 4.79 Å². The predicted octanol–water partition coefficient (Wildman–Crippen LogP) is 3.37. The zero-order chi connectivity index (χ0) is 19.3. The Hall–Kier alpha value is -2.76. The molecule has 0 spiro atoms.